The molecule has 0 aliphatic rings. The van der Waals surface area contributed by atoms with Gasteiger partial charge in [-0.15, -0.1) is 11.3 Å². The third kappa shape index (κ3) is 4.84. The minimum atomic E-state index is -3.66. The first-order valence-electron chi connectivity index (χ1n) is 7.34. The number of aliphatic hydroxyl groups is 1. The van der Waals surface area contributed by atoms with E-state index in [2.05, 4.69) is 4.72 Å². The first kappa shape index (κ1) is 18.1. The van der Waals surface area contributed by atoms with Crippen molar-refractivity contribution in [2.24, 2.45) is 0 Å². The van der Waals surface area contributed by atoms with Gasteiger partial charge in [0.25, 0.3) is 0 Å². The molecule has 2 N–H and O–H groups in total. The van der Waals surface area contributed by atoms with E-state index in [1.807, 2.05) is 17.5 Å². The van der Waals surface area contributed by atoms with Gasteiger partial charge in [-0.05, 0) is 60.9 Å². The van der Waals surface area contributed by atoms with E-state index in [9.17, 15) is 12.8 Å². The van der Waals surface area contributed by atoms with Crippen molar-refractivity contribution in [1.29, 1.82) is 0 Å². The van der Waals surface area contributed by atoms with Crippen LogP contribution >= 0.6 is 11.3 Å². The topological polar surface area (TPSA) is 66.4 Å². The minimum absolute atomic E-state index is 0.0619. The number of nitrogens with one attached hydrogen (secondary N) is 1. The maximum Gasteiger partial charge on any atom is 0.240 e. The molecule has 1 aromatic heterocycles. The van der Waals surface area contributed by atoms with Crippen LogP contribution < -0.4 is 4.72 Å². The molecule has 0 amide bonds. The van der Waals surface area contributed by atoms with Gasteiger partial charge in [0.1, 0.15) is 5.82 Å². The molecule has 126 valence electrons. The van der Waals surface area contributed by atoms with E-state index in [4.69, 9.17) is 5.11 Å². The Balaban J connectivity index is 2.01. The molecule has 0 aliphatic heterocycles. The number of aliphatic hydroxyl groups excluding tert-OH is 1. The van der Waals surface area contributed by atoms with Crippen LogP contribution in [0.25, 0.3) is 0 Å². The summed E-state index contributed by atoms with van der Waals surface area (Å²) < 4.78 is 40.3. The van der Waals surface area contributed by atoms with Crippen LogP contribution in [0.15, 0.2) is 40.6 Å². The number of sulfonamides is 1. The Bertz CT molecular complexity index is 730. The molecule has 4 nitrogen and oxygen atoms in total. The van der Waals surface area contributed by atoms with E-state index < -0.39 is 15.8 Å². The molecule has 0 saturated heterocycles. The summed E-state index contributed by atoms with van der Waals surface area (Å²) in [6, 6.07) is 7.55. The average Bonchev–Trinajstić information content (AvgIpc) is 2.99. The van der Waals surface area contributed by atoms with Gasteiger partial charge in [-0.25, -0.2) is 17.5 Å². The maximum absolute atomic E-state index is 13.1. The van der Waals surface area contributed by atoms with Gasteiger partial charge < -0.3 is 5.11 Å². The predicted octanol–water partition coefficient (Wildman–Crippen LogP) is 3.03. The van der Waals surface area contributed by atoms with E-state index in [0.29, 0.717) is 18.4 Å². The largest absolute Gasteiger partial charge is 0.396 e. The minimum Gasteiger partial charge on any atom is -0.396 e. The van der Waals surface area contributed by atoms with Crippen molar-refractivity contribution in [2.45, 2.75) is 30.6 Å². The Morgan fingerprint density at radius 2 is 2.09 bits per heavy atom. The third-order valence-corrected chi connectivity index (χ3v) is 6.29. The number of thiophene rings is 1. The zero-order valence-corrected chi connectivity index (χ0v) is 14.5. The second-order valence-corrected chi connectivity index (χ2v) is 8.04. The number of rotatable bonds is 8. The lowest BCUT2D eigenvalue weighted by atomic mass is 10.0. The molecular weight excluding hydrogens is 337 g/mol. The lowest BCUT2D eigenvalue weighted by Gasteiger charge is -2.15. The SMILES string of the molecule is Cc1cc(F)ccc1S(=O)(=O)NCCC(CCO)c1cccs1. The number of halogens is 1. The lowest BCUT2D eigenvalue weighted by Crippen LogP contribution is -2.26. The summed E-state index contributed by atoms with van der Waals surface area (Å²) in [6.07, 6.45) is 1.19. The summed E-state index contributed by atoms with van der Waals surface area (Å²) in [6.45, 7) is 1.89. The van der Waals surface area contributed by atoms with Crippen LogP contribution in [0.4, 0.5) is 4.39 Å². The number of aryl methyl sites for hydroxylation is 1. The predicted molar refractivity (Wildman–Crippen MR) is 89.7 cm³/mol. The Morgan fingerprint density at radius 3 is 2.70 bits per heavy atom. The highest BCUT2D eigenvalue weighted by atomic mass is 32.2. The van der Waals surface area contributed by atoms with Crippen LogP contribution in [-0.4, -0.2) is 26.7 Å². The number of benzene rings is 1. The molecule has 1 unspecified atom stereocenters. The second-order valence-electron chi connectivity index (χ2n) is 5.32. The summed E-state index contributed by atoms with van der Waals surface area (Å²) in [5, 5.41) is 11.1. The molecule has 7 heteroatoms. The summed E-state index contributed by atoms with van der Waals surface area (Å²) in [4.78, 5) is 1.23. The van der Waals surface area contributed by atoms with Gasteiger partial charge in [0.15, 0.2) is 0 Å². The zero-order valence-electron chi connectivity index (χ0n) is 12.8. The fraction of sp³-hybridized carbons (Fsp3) is 0.375. The van der Waals surface area contributed by atoms with E-state index >= 15 is 0 Å². The van der Waals surface area contributed by atoms with Crippen LogP contribution in [0.5, 0.6) is 0 Å². The van der Waals surface area contributed by atoms with Crippen molar-refractivity contribution in [2.75, 3.05) is 13.2 Å². The van der Waals surface area contributed by atoms with Crippen LogP contribution in [0.2, 0.25) is 0 Å². The first-order chi connectivity index (χ1) is 10.9. The Morgan fingerprint density at radius 1 is 1.30 bits per heavy atom. The molecule has 0 saturated carbocycles. The highest BCUT2D eigenvalue weighted by Crippen LogP contribution is 2.27. The normalized spacial score (nSPS) is 13.2. The molecule has 1 atom stereocenters. The van der Waals surface area contributed by atoms with E-state index in [0.717, 1.165) is 10.9 Å². The van der Waals surface area contributed by atoms with Crippen molar-refractivity contribution in [3.63, 3.8) is 0 Å². The van der Waals surface area contributed by atoms with Crippen molar-refractivity contribution in [3.05, 3.63) is 52.0 Å². The fourth-order valence-corrected chi connectivity index (χ4v) is 4.64. The van der Waals surface area contributed by atoms with E-state index in [1.54, 1.807) is 18.3 Å². The smallest absolute Gasteiger partial charge is 0.240 e. The van der Waals surface area contributed by atoms with E-state index in [-0.39, 0.29) is 24.0 Å². The molecular formula is C16H20FNO3S2. The van der Waals surface area contributed by atoms with Crippen LogP contribution in [-0.2, 0) is 10.0 Å². The number of hydrogen-bond acceptors (Lipinski definition) is 4. The standard InChI is InChI=1S/C16H20FNO3S2/c1-12-11-14(17)4-5-16(12)23(20,21)18-8-6-13(7-9-19)15-3-2-10-22-15/h2-5,10-11,13,18-19H,6-9H2,1H3. The van der Waals surface area contributed by atoms with Gasteiger partial charge in [0, 0.05) is 18.0 Å². The van der Waals surface area contributed by atoms with Gasteiger partial charge in [-0.1, -0.05) is 6.07 Å². The van der Waals surface area contributed by atoms with Crippen molar-refractivity contribution < 1.29 is 17.9 Å². The van der Waals surface area contributed by atoms with Crippen molar-refractivity contribution >= 4 is 21.4 Å². The molecule has 0 aliphatic carbocycles. The summed E-state index contributed by atoms with van der Waals surface area (Å²) in [7, 11) is -3.66. The van der Waals surface area contributed by atoms with Gasteiger partial charge >= 0.3 is 0 Å². The molecule has 0 fully saturated rings. The van der Waals surface area contributed by atoms with Gasteiger partial charge in [-0.2, -0.15) is 0 Å². The third-order valence-electron chi connectivity index (χ3n) is 3.63. The van der Waals surface area contributed by atoms with Crippen molar-refractivity contribution in [1.82, 2.24) is 4.72 Å². The van der Waals surface area contributed by atoms with Crippen LogP contribution in [0, 0.1) is 12.7 Å². The highest BCUT2D eigenvalue weighted by molar-refractivity contribution is 7.89. The molecule has 0 spiro atoms. The summed E-state index contributed by atoms with van der Waals surface area (Å²) in [5.74, 6) is -0.334. The molecule has 2 aromatic rings. The molecule has 23 heavy (non-hydrogen) atoms. The zero-order chi connectivity index (χ0) is 16.9. The Labute approximate surface area is 140 Å². The summed E-state index contributed by atoms with van der Waals surface area (Å²) >= 11 is 1.60. The molecule has 0 bridgehead atoms. The number of hydrogen-bond donors (Lipinski definition) is 2. The summed E-state index contributed by atoms with van der Waals surface area (Å²) in [5.41, 5.74) is 0.377. The molecule has 1 heterocycles. The second kappa shape index (κ2) is 8.01. The average molecular weight is 357 g/mol. The molecule has 1 aromatic carbocycles. The maximum atomic E-state index is 13.1. The van der Waals surface area contributed by atoms with Gasteiger partial charge in [0.05, 0.1) is 4.90 Å². The molecule has 2 rings (SSSR count). The monoisotopic (exact) mass is 357 g/mol. The van der Waals surface area contributed by atoms with Crippen LogP contribution in [0.1, 0.15) is 29.2 Å². The van der Waals surface area contributed by atoms with E-state index in [1.165, 1.54) is 12.1 Å². The lowest BCUT2D eigenvalue weighted by molar-refractivity contribution is 0.273. The van der Waals surface area contributed by atoms with Gasteiger partial charge in [0.2, 0.25) is 10.0 Å². The Kier molecular flexibility index (Phi) is 6.29. The van der Waals surface area contributed by atoms with Crippen molar-refractivity contribution in [3.8, 4) is 0 Å². The Hall–Kier alpha value is -1.28. The van der Waals surface area contributed by atoms with Crippen LogP contribution in [0.3, 0.4) is 0 Å². The quantitative estimate of drug-likeness (QED) is 0.763. The fourth-order valence-electron chi connectivity index (χ4n) is 2.47. The molecule has 0 radical (unpaired) electrons. The van der Waals surface area contributed by atoms with Gasteiger partial charge in [-0.3, -0.25) is 0 Å². The first-order valence-corrected chi connectivity index (χ1v) is 9.70. The highest BCUT2D eigenvalue weighted by Gasteiger charge is 2.18.